The van der Waals surface area contributed by atoms with Crippen LogP contribution >= 0.6 is 0 Å². The predicted octanol–water partition coefficient (Wildman–Crippen LogP) is 4.73. The molecule has 4 rings (SSSR count). The van der Waals surface area contributed by atoms with Crippen LogP contribution in [0.5, 0.6) is 0 Å². The van der Waals surface area contributed by atoms with Gasteiger partial charge in [-0.1, -0.05) is 97.9 Å². The topological polar surface area (TPSA) is 57.2 Å². The van der Waals surface area contributed by atoms with Crippen molar-refractivity contribution in [3.63, 3.8) is 0 Å². The van der Waals surface area contributed by atoms with Crippen LogP contribution in [0.2, 0.25) is 0 Å². The van der Waals surface area contributed by atoms with E-state index in [0.717, 1.165) is 16.7 Å². The van der Waals surface area contributed by atoms with Crippen LogP contribution in [0.1, 0.15) is 23.6 Å². The van der Waals surface area contributed by atoms with Crippen LogP contribution in [0.4, 0.5) is 0 Å². The molecule has 3 aromatic carbocycles. The summed E-state index contributed by atoms with van der Waals surface area (Å²) in [6.45, 7) is 3.56. The molecule has 1 fully saturated rings. The number of rotatable bonds is 10. The maximum atomic E-state index is 10.6. The molecule has 1 saturated heterocycles. The molecule has 0 radical (unpaired) electrons. The van der Waals surface area contributed by atoms with Gasteiger partial charge in [0, 0.05) is 5.92 Å². The van der Waals surface area contributed by atoms with Gasteiger partial charge < -0.3 is 24.1 Å². The Balaban J connectivity index is 1.46. The van der Waals surface area contributed by atoms with Crippen molar-refractivity contribution in [3.8, 4) is 0 Å². The molecule has 5 atom stereocenters. The largest absolute Gasteiger partial charge is 0.374 e. The average molecular weight is 449 g/mol. The molecule has 1 N–H and O–H groups in total. The molecule has 1 unspecified atom stereocenters. The van der Waals surface area contributed by atoms with Crippen LogP contribution in [0.15, 0.2) is 91.0 Å². The fourth-order valence-electron chi connectivity index (χ4n) is 4.04. The van der Waals surface area contributed by atoms with Crippen LogP contribution in [0.3, 0.4) is 0 Å². The molecule has 0 aromatic heterocycles. The van der Waals surface area contributed by atoms with E-state index >= 15 is 0 Å². The highest BCUT2D eigenvalue weighted by molar-refractivity contribution is 5.15. The van der Waals surface area contributed by atoms with Gasteiger partial charge in [-0.05, 0) is 16.7 Å². The average Bonchev–Trinajstić information content (AvgIpc) is 2.86. The Hall–Kier alpha value is -2.54. The number of benzene rings is 3. The van der Waals surface area contributed by atoms with E-state index in [2.05, 4.69) is 0 Å². The maximum Gasteiger partial charge on any atom is 0.160 e. The van der Waals surface area contributed by atoms with Gasteiger partial charge in [-0.15, -0.1) is 0 Å². The molecule has 3 aromatic rings. The van der Waals surface area contributed by atoms with E-state index in [4.69, 9.17) is 18.9 Å². The summed E-state index contributed by atoms with van der Waals surface area (Å²) in [5, 5.41) is 10.6. The molecule has 174 valence electrons. The third-order valence-corrected chi connectivity index (χ3v) is 5.94. The molecule has 5 heteroatoms. The molecule has 0 saturated carbocycles. The van der Waals surface area contributed by atoms with Crippen molar-refractivity contribution in [2.45, 2.75) is 51.3 Å². The first kappa shape index (κ1) is 23.6. The first-order chi connectivity index (χ1) is 16.2. The number of aliphatic hydroxyl groups is 1. The first-order valence-electron chi connectivity index (χ1n) is 11.5. The minimum Gasteiger partial charge on any atom is -0.374 e. The summed E-state index contributed by atoms with van der Waals surface area (Å²) in [5.74, 6) is -0.250. The van der Waals surface area contributed by atoms with Gasteiger partial charge in [-0.25, -0.2) is 0 Å². The van der Waals surface area contributed by atoms with Crippen LogP contribution < -0.4 is 0 Å². The van der Waals surface area contributed by atoms with Gasteiger partial charge in [-0.3, -0.25) is 0 Å². The Bertz CT molecular complexity index is 934. The number of ether oxygens (including phenoxy) is 4. The Labute approximate surface area is 195 Å². The number of aliphatic hydroxyl groups excluding tert-OH is 1. The second-order valence-electron chi connectivity index (χ2n) is 8.45. The molecule has 0 aliphatic carbocycles. The zero-order valence-corrected chi connectivity index (χ0v) is 19.0. The van der Waals surface area contributed by atoms with E-state index in [0.29, 0.717) is 26.4 Å². The van der Waals surface area contributed by atoms with Crippen molar-refractivity contribution in [3.05, 3.63) is 108 Å². The van der Waals surface area contributed by atoms with E-state index < -0.39 is 12.4 Å². The minimum absolute atomic E-state index is 0.250. The molecule has 1 aliphatic rings. The standard InChI is InChI=1S/C28H32O5/c1-21-26(31-18-23-13-7-3-8-14-23)27(32-19-24-15-9-4-10-16-24)25(33-28(21)29)20-30-17-22-11-5-2-6-12-22/h2-16,21,25-29H,17-20H2,1H3/t21-,25-,26-,27-,28?/m1/s1. The van der Waals surface area contributed by atoms with Gasteiger partial charge >= 0.3 is 0 Å². The zero-order chi connectivity index (χ0) is 22.9. The quantitative estimate of drug-likeness (QED) is 0.486. The van der Waals surface area contributed by atoms with Crippen LogP contribution in [-0.4, -0.2) is 36.3 Å². The van der Waals surface area contributed by atoms with Gasteiger partial charge in [0.1, 0.15) is 12.2 Å². The highest BCUT2D eigenvalue weighted by Gasteiger charge is 2.45. The highest BCUT2D eigenvalue weighted by atomic mass is 16.6. The predicted molar refractivity (Wildman–Crippen MR) is 126 cm³/mol. The van der Waals surface area contributed by atoms with Crippen molar-refractivity contribution in [1.82, 2.24) is 0 Å². The van der Waals surface area contributed by atoms with Crippen molar-refractivity contribution < 1.29 is 24.1 Å². The van der Waals surface area contributed by atoms with E-state index in [1.165, 1.54) is 0 Å². The number of hydrogen-bond donors (Lipinski definition) is 1. The van der Waals surface area contributed by atoms with Gasteiger partial charge in [0.15, 0.2) is 6.29 Å². The Morgan fingerprint density at radius 2 is 1.12 bits per heavy atom. The summed E-state index contributed by atoms with van der Waals surface area (Å²) in [7, 11) is 0. The molecule has 0 bridgehead atoms. The third kappa shape index (κ3) is 6.73. The van der Waals surface area contributed by atoms with Gasteiger partial charge in [0.05, 0.1) is 32.5 Å². The van der Waals surface area contributed by atoms with E-state index in [9.17, 15) is 5.11 Å². The van der Waals surface area contributed by atoms with E-state index in [1.807, 2.05) is 97.9 Å². The van der Waals surface area contributed by atoms with Gasteiger partial charge in [-0.2, -0.15) is 0 Å². The van der Waals surface area contributed by atoms with Crippen LogP contribution in [0, 0.1) is 5.92 Å². The summed E-state index contributed by atoms with van der Waals surface area (Å²) >= 11 is 0. The minimum atomic E-state index is -0.951. The molecule has 1 aliphatic heterocycles. The molecule has 1 heterocycles. The molecule has 0 amide bonds. The second kappa shape index (κ2) is 12.1. The van der Waals surface area contributed by atoms with Crippen LogP contribution in [0.25, 0.3) is 0 Å². The maximum absolute atomic E-state index is 10.6. The highest BCUT2D eigenvalue weighted by Crippen LogP contribution is 2.31. The third-order valence-electron chi connectivity index (χ3n) is 5.94. The van der Waals surface area contributed by atoms with Crippen molar-refractivity contribution >= 4 is 0 Å². The van der Waals surface area contributed by atoms with Crippen molar-refractivity contribution in [2.75, 3.05) is 6.61 Å². The SMILES string of the molecule is C[C@H]1C(O)O[C@H](COCc2ccccc2)[C@@H](OCc2ccccc2)[C@@H]1OCc1ccccc1. The Morgan fingerprint density at radius 3 is 1.64 bits per heavy atom. The fourth-order valence-corrected chi connectivity index (χ4v) is 4.04. The smallest absolute Gasteiger partial charge is 0.160 e. The lowest BCUT2D eigenvalue weighted by Gasteiger charge is -2.43. The van der Waals surface area contributed by atoms with Crippen molar-refractivity contribution in [1.29, 1.82) is 0 Å². The monoisotopic (exact) mass is 448 g/mol. The number of hydrogen-bond acceptors (Lipinski definition) is 5. The van der Waals surface area contributed by atoms with Crippen LogP contribution in [-0.2, 0) is 38.8 Å². The van der Waals surface area contributed by atoms with Gasteiger partial charge in [0.2, 0.25) is 0 Å². The molecule has 33 heavy (non-hydrogen) atoms. The zero-order valence-electron chi connectivity index (χ0n) is 19.0. The second-order valence-corrected chi connectivity index (χ2v) is 8.45. The lowest BCUT2D eigenvalue weighted by Crippen LogP contribution is -2.56. The summed E-state index contributed by atoms with van der Waals surface area (Å²) in [4.78, 5) is 0. The van der Waals surface area contributed by atoms with E-state index in [1.54, 1.807) is 0 Å². The first-order valence-corrected chi connectivity index (χ1v) is 11.5. The molecular weight excluding hydrogens is 416 g/mol. The van der Waals surface area contributed by atoms with Crippen molar-refractivity contribution in [2.24, 2.45) is 5.92 Å². The lowest BCUT2D eigenvalue weighted by atomic mass is 9.92. The summed E-state index contributed by atoms with van der Waals surface area (Å²) in [6, 6.07) is 30.0. The Kier molecular flexibility index (Phi) is 8.64. The lowest BCUT2D eigenvalue weighted by molar-refractivity contribution is -0.289. The normalized spacial score (nSPS) is 25.1. The molecular formula is C28H32O5. The Morgan fingerprint density at radius 1 is 0.667 bits per heavy atom. The molecule has 0 spiro atoms. The summed E-state index contributed by atoms with van der Waals surface area (Å²) in [5.41, 5.74) is 3.23. The fraction of sp³-hybridized carbons (Fsp3) is 0.357. The summed E-state index contributed by atoms with van der Waals surface area (Å²) in [6.07, 6.45) is -2.14. The summed E-state index contributed by atoms with van der Waals surface area (Å²) < 4.78 is 24.6. The molecule has 5 nitrogen and oxygen atoms in total. The van der Waals surface area contributed by atoms with Gasteiger partial charge in [0.25, 0.3) is 0 Å². The van der Waals surface area contributed by atoms with E-state index in [-0.39, 0.29) is 18.1 Å².